The van der Waals surface area contributed by atoms with Crippen molar-refractivity contribution in [3.8, 4) is 0 Å². The maximum absolute atomic E-state index is 12.7. The Bertz CT molecular complexity index is 650. The number of hydrogen-bond donors (Lipinski definition) is 1. The lowest BCUT2D eigenvalue weighted by Crippen LogP contribution is -2.50. The first-order valence-corrected chi connectivity index (χ1v) is 7.00. The molecule has 20 heavy (non-hydrogen) atoms. The van der Waals surface area contributed by atoms with E-state index in [9.17, 15) is 4.79 Å². The molecule has 0 aliphatic rings. The number of fused-ring (bicyclic) bond motifs is 1. The number of carbonyl (C=O) groups excluding carboxylic acids is 1. The Kier molecular flexibility index (Phi) is 4.23. The summed E-state index contributed by atoms with van der Waals surface area (Å²) in [5, 5.41) is 3.68. The number of benzene rings is 2. The lowest BCUT2D eigenvalue weighted by Gasteiger charge is -2.33. The van der Waals surface area contributed by atoms with Crippen LogP contribution in [0.4, 0.5) is 0 Å². The molecule has 0 aliphatic heterocycles. The standard InChI is InChI=1S/C15H16Cl2N2O/c1-15(2,3)19(18-17)14(20)12-8-9-13(16)11-7-5-4-6-10(11)12/h4-9,18H,1-3H3. The second kappa shape index (κ2) is 5.60. The van der Waals surface area contributed by atoms with E-state index in [-0.39, 0.29) is 5.91 Å². The highest BCUT2D eigenvalue weighted by molar-refractivity contribution is 6.36. The van der Waals surface area contributed by atoms with Crippen LogP contribution in [0, 0.1) is 0 Å². The molecule has 3 nitrogen and oxygen atoms in total. The van der Waals surface area contributed by atoms with Crippen LogP contribution in [0.15, 0.2) is 36.4 Å². The fourth-order valence-electron chi connectivity index (χ4n) is 2.04. The molecule has 0 radical (unpaired) electrons. The van der Waals surface area contributed by atoms with E-state index in [0.717, 1.165) is 10.8 Å². The van der Waals surface area contributed by atoms with Gasteiger partial charge in [-0.2, -0.15) is 0 Å². The van der Waals surface area contributed by atoms with Crippen LogP contribution in [0.25, 0.3) is 10.8 Å². The second-order valence-electron chi connectivity index (χ2n) is 5.54. The summed E-state index contributed by atoms with van der Waals surface area (Å²) in [7, 11) is 0. The van der Waals surface area contributed by atoms with Crippen LogP contribution in [0.1, 0.15) is 31.1 Å². The van der Waals surface area contributed by atoms with Crippen LogP contribution in [-0.4, -0.2) is 16.5 Å². The first-order valence-electron chi connectivity index (χ1n) is 6.24. The van der Waals surface area contributed by atoms with E-state index < -0.39 is 5.54 Å². The van der Waals surface area contributed by atoms with Gasteiger partial charge in [-0.15, -0.1) is 4.94 Å². The zero-order valence-electron chi connectivity index (χ0n) is 11.6. The van der Waals surface area contributed by atoms with Crippen molar-refractivity contribution in [2.24, 2.45) is 0 Å². The number of hydrogen-bond acceptors (Lipinski definition) is 2. The summed E-state index contributed by atoms with van der Waals surface area (Å²) in [5.74, 6) is -0.194. The minimum absolute atomic E-state index is 0.194. The zero-order chi connectivity index (χ0) is 14.9. The molecule has 1 amide bonds. The summed E-state index contributed by atoms with van der Waals surface area (Å²) in [5.41, 5.74) is 0.118. The van der Waals surface area contributed by atoms with E-state index >= 15 is 0 Å². The number of carbonyl (C=O) groups is 1. The molecule has 0 atom stereocenters. The smallest absolute Gasteiger partial charge is 0.268 e. The van der Waals surface area contributed by atoms with Crippen LogP contribution in [0.2, 0.25) is 5.02 Å². The van der Waals surface area contributed by atoms with Gasteiger partial charge < -0.3 is 0 Å². The van der Waals surface area contributed by atoms with Crippen LogP contribution in [-0.2, 0) is 0 Å². The molecule has 0 aliphatic carbocycles. The van der Waals surface area contributed by atoms with Crippen LogP contribution in [0.3, 0.4) is 0 Å². The van der Waals surface area contributed by atoms with E-state index in [1.54, 1.807) is 12.1 Å². The predicted octanol–water partition coefficient (Wildman–Crippen LogP) is 4.39. The average molecular weight is 311 g/mol. The molecule has 2 aromatic rings. The molecule has 2 aromatic carbocycles. The third kappa shape index (κ3) is 2.75. The highest BCUT2D eigenvalue weighted by Gasteiger charge is 2.28. The summed E-state index contributed by atoms with van der Waals surface area (Å²) in [4.78, 5) is 15.1. The number of hydrazine groups is 1. The first kappa shape index (κ1) is 15.1. The lowest BCUT2D eigenvalue weighted by atomic mass is 10.0. The minimum Gasteiger partial charge on any atom is -0.268 e. The maximum Gasteiger partial charge on any atom is 0.270 e. The van der Waals surface area contributed by atoms with E-state index in [1.165, 1.54) is 5.01 Å². The quantitative estimate of drug-likeness (QED) is 0.659. The van der Waals surface area contributed by atoms with Gasteiger partial charge in [0.2, 0.25) is 0 Å². The third-order valence-electron chi connectivity index (χ3n) is 3.06. The number of nitrogens with one attached hydrogen (secondary N) is 1. The Morgan fingerprint density at radius 1 is 1.10 bits per heavy atom. The largest absolute Gasteiger partial charge is 0.270 e. The Labute approximate surface area is 128 Å². The number of nitrogens with zero attached hydrogens (tertiary/aromatic N) is 1. The summed E-state index contributed by atoms with van der Waals surface area (Å²) in [6.45, 7) is 5.70. The molecule has 106 valence electrons. The van der Waals surface area contributed by atoms with Crippen molar-refractivity contribution in [1.29, 1.82) is 0 Å². The van der Waals surface area contributed by atoms with Crippen molar-refractivity contribution in [2.75, 3.05) is 0 Å². The van der Waals surface area contributed by atoms with Crippen molar-refractivity contribution < 1.29 is 4.79 Å². The van der Waals surface area contributed by atoms with Gasteiger partial charge in [0, 0.05) is 16.0 Å². The van der Waals surface area contributed by atoms with Crippen molar-refractivity contribution in [3.05, 3.63) is 47.0 Å². The number of halogens is 2. The van der Waals surface area contributed by atoms with Crippen molar-refractivity contribution >= 4 is 40.1 Å². The van der Waals surface area contributed by atoms with Gasteiger partial charge in [-0.1, -0.05) is 35.9 Å². The van der Waals surface area contributed by atoms with Gasteiger partial charge in [-0.25, -0.2) is 0 Å². The van der Waals surface area contributed by atoms with Crippen LogP contribution in [0.5, 0.6) is 0 Å². The van der Waals surface area contributed by atoms with Crippen molar-refractivity contribution in [1.82, 2.24) is 9.95 Å². The van der Waals surface area contributed by atoms with E-state index in [2.05, 4.69) is 4.94 Å². The molecule has 0 saturated heterocycles. The normalized spacial score (nSPS) is 11.7. The molecule has 0 heterocycles. The van der Waals surface area contributed by atoms with Gasteiger partial charge in [0.25, 0.3) is 5.91 Å². The molecular weight excluding hydrogens is 295 g/mol. The Balaban J connectivity index is 2.59. The molecule has 5 heteroatoms. The summed E-state index contributed by atoms with van der Waals surface area (Å²) < 4.78 is 0. The maximum atomic E-state index is 12.7. The van der Waals surface area contributed by atoms with E-state index in [4.69, 9.17) is 23.4 Å². The second-order valence-corrected chi connectivity index (χ2v) is 6.11. The molecule has 0 fully saturated rings. The van der Waals surface area contributed by atoms with Crippen LogP contribution >= 0.6 is 23.4 Å². The van der Waals surface area contributed by atoms with Crippen LogP contribution < -0.4 is 4.94 Å². The lowest BCUT2D eigenvalue weighted by molar-refractivity contribution is 0.0518. The molecule has 2 rings (SSSR count). The molecule has 0 saturated carbocycles. The number of rotatable bonds is 2. The molecule has 0 aromatic heterocycles. The molecule has 0 spiro atoms. The minimum atomic E-state index is -0.445. The van der Waals surface area contributed by atoms with E-state index in [1.807, 2.05) is 45.0 Å². The van der Waals surface area contributed by atoms with Gasteiger partial charge in [0.1, 0.15) is 0 Å². The Morgan fingerprint density at radius 2 is 1.70 bits per heavy atom. The fourth-order valence-corrected chi connectivity index (χ4v) is 2.60. The van der Waals surface area contributed by atoms with Gasteiger partial charge in [0.05, 0.1) is 5.54 Å². The van der Waals surface area contributed by atoms with Gasteiger partial charge in [-0.3, -0.25) is 9.80 Å². The predicted molar refractivity (Wildman–Crippen MR) is 83.9 cm³/mol. The molecule has 0 bridgehead atoms. The highest BCUT2D eigenvalue weighted by Crippen LogP contribution is 2.28. The third-order valence-corrected chi connectivity index (χ3v) is 3.56. The summed E-state index contributed by atoms with van der Waals surface area (Å²) >= 11 is 11.9. The fraction of sp³-hybridized carbons (Fsp3) is 0.267. The van der Waals surface area contributed by atoms with Gasteiger partial charge in [-0.05, 0) is 50.1 Å². The van der Waals surface area contributed by atoms with E-state index in [0.29, 0.717) is 10.6 Å². The molecule has 0 unspecified atom stereocenters. The van der Waals surface area contributed by atoms with Gasteiger partial charge in [0.15, 0.2) is 0 Å². The Morgan fingerprint density at radius 3 is 2.25 bits per heavy atom. The molecule has 1 N–H and O–H groups in total. The van der Waals surface area contributed by atoms with Crippen molar-refractivity contribution in [3.63, 3.8) is 0 Å². The Hall–Kier alpha value is -1.29. The first-order chi connectivity index (χ1) is 9.36. The topological polar surface area (TPSA) is 32.3 Å². The molecular formula is C15H16Cl2N2O. The number of amides is 1. The summed E-state index contributed by atoms with van der Waals surface area (Å²) in [6.07, 6.45) is 0. The summed E-state index contributed by atoms with van der Waals surface area (Å²) in [6, 6.07) is 11.0. The zero-order valence-corrected chi connectivity index (χ0v) is 13.1. The average Bonchev–Trinajstić information content (AvgIpc) is 2.38. The highest BCUT2D eigenvalue weighted by atomic mass is 35.5. The van der Waals surface area contributed by atoms with Gasteiger partial charge >= 0.3 is 0 Å². The SMILES string of the molecule is CC(C)(C)N(NCl)C(=O)c1ccc(Cl)c2ccccc12. The monoisotopic (exact) mass is 310 g/mol. The van der Waals surface area contributed by atoms with Crippen molar-refractivity contribution in [2.45, 2.75) is 26.3 Å².